The van der Waals surface area contributed by atoms with E-state index in [0.717, 1.165) is 0 Å². The molecule has 0 aliphatic rings. The molecule has 0 spiro atoms. The summed E-state index contributed by atoms with van der Waals surface area (Å²) in [5.74, 6) is 0.595. The van der Waals surface area contributed by atoms with Crippen molar-refractivity contribution >= 4 is 10.0 Å². The molecule has 1 heterocycles. The van der Waals surface area contributed by atoms with Gasteiger partial charge in [0.2, 0.25) is 5.09 Å². The van der Waals surface area contributed by atoms with Crippen molar-refractivity contribution < 1.29 is 12.8 Å². The molecule has 0 bridgehead atoms. The van der Waals surface area contributed by atoms with Crippen LogP contribution in [-0.2, 0) is 16.6 Å². The monoisotopic (exact) mass is 261 g/mol. The number of hydrogen-bond acceptors (Lipinski definition) is 5. The third-order valence-electron chi connectivity index (χ3n) is 1.89. The molecule has 0 aliphatic heterocycles. The number of rotatable bonds is 6. The van der Waals surface area contributed by atoms with Gasteiger partial charge in [0.05, 0.1) is 6.54 Å². The molecule has 2 N–H and O–H groups in total. The molecule has 0 radical (unpaired) electrons. The van der Waals surface area contributed by atoms with Crippen LogP contribution in [0.3, 0.4) is 0 Å². The molecule has 0 atom stereocenters. The fourth-order valence-corrected chi connectivity index (χ4v) is 2.22. The SMILES string of the molecule is CC(C)NCc1ccc(S(=O)(=O)NN(C)C)o1. The van der Waals surface area contributed by atoms with E-state index in [1.54, 1.807) is 20.2 Å². The summed E-state index contributed by atoms with van der Waals surface area (Å²) in [4.78, 5) is 2.30. The first kappa shape index (κ1) is 14.2. The Morgan fingerprint density at radius 3 is 2.53 bits per heavy atom. The quantitative estimate of drug-likeness (QED) is 0.731. The first-order chi connectivity index (χ1) is 7.81. The number of nitrogens with one attached hydrogen (secondary N) is 2. The van der Waals surface area contributed by atoms with E-state index in [4.69, 9.17) is 4.42 Å². The molecule has 0 unspecified atom stereocenters. The topological polar surface area (TPSA) is 74.6 Å². The van der Waals surface area contributed by atoms with Crippen LogP contribution < -0.4 is 10.1 Å². The Balaban J connectivity index is 2.74. The van der Waals surface area contributed by atoms with E-state index in [1.165, 1.54) is 11.1 Å². The highest BCUT2D eigenvalue weighted by Crippen LogP contribution is 2.13. The molecule has 0 saturated carbocycles. The first-order valence-corrected chi connectivity index (χ1v) is 6.81. The van der Waals surface area contributed by atoms with E-state index in [0.29, 0.717) is 18.3 Å². The second-order valence-electron chi connectivity index (χ2n) is 4.25. The minimum absolute atomic E-state index is 0.0771. The lowest BCUT2D eigenvalue weighted by molar-refractivity contribution is 0.345. The fraction of sp³-hybridized carbons (Fsp3) is 0.600. The van der Waals surface area contributed by atoms with Crippen LogP contribution in [0.4, 0.5) is 0 Å². The molecular formula is C10H19N3O3S. The summed E-state index contributed by atoms with van der Waals surface area (Å²) in [5.41, 5.74) is 0. The smallest absolute Gasteiger partial charge is 0.286 e. The summed E-state index contributed by atoms with van der Waals surface area (Å²) in [6.45, 7) is 4.53. The van der Waals surface area contributed by atoms with Crippen molar-refractivity contribution in [1.82, 2.24) is 15.2 Å². The van der Waals surface area contributed by atoms with Crippen LogP contribution in [0.25, 0.3) is 0 Å². The minimum atomic E-state index is -3.60. The molecule has 0 saturated heterocycles. The summed E-state index contributed by atoms with van der Waals surface area (Å²) >= 11 is 0. The molecule has 0 aromatic carbocycles. The largest absolute Gasteiger partial charge is 0.447 e. The lowest BCUT2D eigenvalue weighted by Gasteiger charge is -2.10. The number of hydrogen-bond donors (Lipinski definition) is 2. The molecule has 17 heavy (non-hydrogen) atoms. The van der Waals surface area contributed by atoms with Gasteiger partial charge in [0.25, 0.3) is 10.0 Å². The van der Waals surface area contributed by atoms with Gasteiger partial charge < -0.3 is 9.73 Å². The second-order valence-corrected chi connectivity index (χ2v) is 5.84. The summed E-state index contributed by atoms with van der Waals surface area (Å²) in [7, 11) is -0.398. The Morgan fingerprint density at radius 2 is 2.00 bits per heavy atom. The fourth-order valence-electron chi connectivity index (χ4n) is 1.19. The number of nitrogens with zero attached hydrogens (tertiary/aromatic N) is 1. The third kappa shape index (κ3) is 4.47. The van der Waals surface area contributed by atoms with Crippen LogP contribution in [0.2, 0.25) is 0 Å². The predicted molar refractivity (Wildman–Crippen MR) is 64.7 cm³/mol. The van der Waals surface area contributed by atoms with Gasteiger partial charge >= 0.3 is 0 Å². The molecular weight excluding hydrogens is 242 g/mol. The number of hydrazine groups is 1. The standard InChI is InChI=1S/C10H19N3O3S/c1-8(2)11-7-9-5-6-10(16-9)17(14,15)12-13(3)4/h5-6,8,11-12H,7H2,1-4H3. The molecule has 1 aromatic heterocycles. The van der Waals surface area contributed by atoms with Gasteiger partial charge in [0.15, 0.2) is 0 Å². The number of sulfonamides is 1. The van der Waals surface area contributed by atoms with Gasteiger partial charge in [-0.25, -0.2) is 13.4 Å². The van der Waals surface area contributed by atoms with Gasteiger partial charge in [0.1, 0.15) is 5.76 Å². The maximum Gasteiger partial charge on any atom is 0.286 e. The van der Waals surface area contributed by atoms with Crippen LogP contribution in [-0.4, -0.2) is 33.6 Å². The van der Waals surface area contributed by atoms with E-state index in [2.05, 4.69) is 10.1 Å². The van der Waals surface area contributed by atoms with Crippen molar-refractivity contribution in [2.75, 3.05) is 14.1 Å². The zero-order valence-corrected chi connectivity index (χ0v) is 11.3. The van der Waals surface area contributed by atoms with E-state index in [-0.39, 0.29) is 5.09 Å². The molecule has 1 rings (SSSR count). The zero-order valence-electron chi connectivity index (χ0n) is 10.5. The number of furan rings is 1. The Hall–Kier alpha value is -0.890. The normalized spacial score (nSPS) is 12.6. The maximum absolute atomic E-state index is 11.7. The van der Waals surface area contributed by atoms with Crippen molar-refractivity contribution in [2.24, 2.45) is 0 Å². The van der Waals surface area contributed by atoms with E-state index in [1.807, 2.05) is 13.8 Å². The zero-order chi connectivity index (χ0) is 13.1. The predicted octanol–water partition coefficient (Wildman–Crippen LogP) is 0.533. The Labute approximate surface area is 102 Å². The van der Waals surface area contributed by atoms with Crippen molar-refractivity contribution in [2.45, 2.75) is 31.5 Å². The van der Waals surface area contributed by atoms with Crippen LogP contribution >= 0.6 is 0 Å². The molecule has 0 aliphatic carbocycles. The summed E-state index contributed by atoms with van der Waals surface area (Å²) < 4.78 is 28.7. The average molecular weight is 261 g/mol. The Morgan fingerprint density at radius 1 is 1.35 bits per heavy atom. The maximum atomic E-state index is 11.7. The average Bonchev–Trinajstić information content (AvgIpc) is 2.61. The van der Waals surface area contributed by atoms with Gasteiger partial charge in [-0.1, -0.05) is 13.8 Å². The van der Waals surface area contributed by atoms with Crippen molar-refractivity contribution in [3.8, 4) is 0 Å². The third-order valence-corrected chi connectivity index (χ3v) is 3.24. The van der Waals surface area contributed by atoms with Crippen LogP contribution in [0.5, 0.6) is 0 Å². The van der Waals surface area contributed by atoms with E-state index < -0.39 is 10.0 Å². The van der Waals surface area contributed by atoms with Gasteiger partial charge in [-0.05, 0) is 12.1 Å². The molecule has 0 fully saturated rings. The Kier molecular flexibility index (Phi) is 4.70. The van der Waals surface area contributed by atoms with Gasteiger partial charge in [-0.2, -0.15) is 0 Å². The summed E-state index contributed by atoms with van der Waals surface area (Å²) in [6.07, 6.45) is 0. The summed E-state index contributed by atoms with van der Waals surface area (Å²) in [6, 6.07) is 3.42. The molecule has 98 valence electrons. The highest BCUT2D eigenvalue weighted by atomic mass is 32.2. The Bertz CT molecular complexity index is 451. The van der Waals surface area contributed by atoms with E-state index >= 15 is 0 Å². The lowest BCUT2D eigenvalue weighted by Crippen LogP contribution is -2.35. The second kappa shape index (κ2) is 5.63. The molecule has 0 amide bonds. The minimum Gasteiger partial charge on any atom is -0.447 e. The van der Waals surface area contributed by atoms with Gasteiger partial charge in [-0.15, -0.1) is 4.83 Å². The van der Waals surface area contributed by atoms with Crippen molar-refractivity contribution in [1.29, 1.82) is 0 Å². The summed E-state index contributed by atoms with van der Waals surface area (Å²) in [5, 5.41) is 4.42. The lowest BCUT2D eigenvalue weighted by atomic mass is 10.3. The van der Waals surface area contributed by atoms with Crippen molar-refractivity contribution in [3.05, 3.63) is 17.9 Å². The molecule has 7 heteroatoms. The highest BCUT2D eigenvalue weighted by molar-refractivity contribution is 7.89. The van der Waals surface area contributed by atoms with Gasteiger partial charge in [-0.3, -0.25) is 0 Å². The highest BCUT2D eigenvalue weighted by Gasteiger charge is 2.19. The van der Waals surface area contributed by atoms with Gasteiger partial charge in [0, 0.05) is 20.1 Å². The van der Waals surface area contributed by atoms with Crippen LogP contribution in [0.1, 0.15) is 19.6 Å². The van der Waals surface area contributed by atoms with Crippen LogP contribution in [0, 0.1) is 0 Å². The first-order valence-electron chi connectivity index (χ1n) is 5.33. The van der Waals surface area contributed by atoms with Crippen LogP contribution in [0.15, 0.2) is 21.6 Å². The molecule has 1 aromatic rings. The van der Waals surface area contributed by atoms with E-state index in [9.17, 15) is 8.42 Å². The molecule has 6 nitrogen and oxygen atoms in total. The van der Waals surface area contributed by atoms with Crippen molar-refractivity contribution in [3.63, 3.8) is 0 Å².